The number of ether oxygens (including phenoxy) is 1. The van der Waals surface area contributed by atoms with E-state index in [2.05, 4.69) is 0 Å². The number of rotatable bonds is 3. The Kier molecular flexibility index (Phi) is 4.99. The normalized spacial score (nSPS) is 17.2. The predicted molar refractivity (Wildman–Crippen MR) is 89.8 cm³/mol. The molecule has 0 unspecified atom stereocenters. The Morgan fingerprint density at radius 3 is 2.54 bits per heavy atom. The first-order valence-corrected chi connectivity index (χ1v) is 8.06. The number of aryl methyl sites for hydroxylation is 1. The van der Waals surface area contributed by atoms with E-state index in [1.54, 1.807) is 6.92 Å². The maximum atomic E-state index is 14.6. The summed E-state index contributed by atoms with van der Waals surface area (Å²) < 4.78 is 32.9. The van der Waals surface area contributed by atoms with E-state index in [0.717, 1.165) is 6.07 Å². The predicted octanol–water partition coefficient (Wildman–Crippen LogP) is 2.87. The summed E-state index contributed by atoms with van der Waals surface area (Å²) >= 11 is 0. The lowest BCUT2D eigenvalue weighted by molar-refractivity contribution is -0.154. The number of nitrogens with zero attached hydrogens (tertiary/aromatic N) is 1. The van der Waals surface area contributed by atoms with E-state index >= 15 is 0 Å². The van der Waals surface area contributed by atoms with Crippen LogP contribution in [0.25, 0.3) is 11.1 Å². The molecule has 1 heterocycles. The first kappa shape index (κ1) is 18.0. The number of morpholine rings is 1. The molecule has 0 radical (unpaired) electrons. The third kappa shape index (κ3) is 3.57. The molecule has 1 atom stereocenters. The summed E-state index contributed by atoms with van der Waals surface area (Å²) in [5.74, 6) is -2.61. The fourth-order valence-electron chi connectivity index (χ4n) is 2.96. The molecule has 2 aromatic rings. The van der Waals surface area contributed by atoms with Crippen LogP contribution in [0.15, 0.2) is 36.4 Å². The highest BCUT2D eigenvalue weighted by Crippen LogP contribution is 2.27. The zero-order chi connectivity index (χ0) is 18.8. The van der Waals surface area contributed by atoms with Gasteiger partial charge in [0.15, 0.2) is 6.10 Å². The summed E-state index contributed by atoms with van der Waals surface area (Å²) in [4.78, 5) is 24.9. The maximum absolute atomic E-state index is 14.6. The zero-order valence-electron chi connectivity index (χ0n) is 14.0. The van der Waals surface area contributed by atoms with Gasteiger partial charge in [0.2, 0.25) is 0 Å². The lowest BCUT2D eigenvalue weighted by atomic mass is 9.98. The Hall–Kier alpha value is -2.80. The second kappa shape index (κ2) is 7.21. The molecule has 0 bridgehead atoms. The number of amides is 1. The van der Waals surface area contributed by atoms with Gasteiger partial charge in [-0.3, -0.25) is 4.79 Å². The number of benzene rings is 2. The number of hydrogen-bond donors (Lipinski definition) is 1. The Labute approximate surface area is 148 Å². The van der Waals surface area contributed by atoms with E-state index in [1.807, 2.05) is 0 Å². The van der Waals surface area contributed by atoms with Crippen molar-refractivity contribution in [3.8, 4) is 11.1 Å². The first-order valence-electron chi connectivity index (χ1n) is 8.06. The molecule has 1 aliphatic heterocycles. The van der Waals surface area contributed by atoms with Crippen molar-refractivity contribution in [3.05, 3.63) is 59.2 Å². The van der Waals surface area contributed by atoms with E-state index in [1.165, 1.54) is 35.2 Å². The van der Waals surface area contributed by atoms with Gasteiger partial charge in [-0.05, 0) is 42.3 Å². The van der Waals surface area contributed by atoms with Crippen LogP contribution in [0, 0.1) is 18.6 Å². The Bertz CT molecular complexity index is 869. The largest absolute Gasteiger partial charge is 0.479 e. The quantitative estimate of drug-likeness (QED) is 0.913. The number of aliphatic carboxylic acids is 1. The SMILES string of the molecule is Cc1cc(F)ccc1-c1ccc(C(=O)N2CCO[C@H](C(=O)O)C2)cc1F. The van der Waals surface area contributed by atoms with Gasteiger partial charge in [-0.15, -0.1) is 0 Å². The highest BCUT2D eigenvalue weighted by Gasteiger charge is 2.29. The lowest BCUT2D eigenvalue weighted by Gasteiger charge is -2.31. The number of halogens is 2. The van der Waals surface area contributed by atoms with Gasteiger partial charge in [0, 0.05) is 17.7 Å². The van der Waals surface area contributed by atoms with Gasteiger partial charge in [0.05, 0.1) is 13.2 Å². The molecule has 1 amide bonds. The summed E-state index contributed by atoms with van der Waals surface area (Å²) in [5, 5.41) is 9.01. The van der Waals surface area contributed by atoms with E-state index in [-0.39, 0.29) is 30.8 Å². The molecular weight excluding hydrogens is 344 g/mol. The van der Waals surface area contributed by atoms with Gasteiger partial charge < -0.3 is 14.7 Å². The van der Waals surface area contributed by atoms with Crippen LogP contribution in [0.2, 0.25) is 0 Å². The third-order valence-corrected chi connectivity index (χ3v) is 4.32. The lowest BCUT2D eigenvalue weighted by Crippen LogP contribution is -2.48. The molecule has 1 fully saturated rings. The van der Waals surface area contributed by atoms with Gasteiger partial charge in [-0.1, -0.05) is 12.1 Å². The van der Waals surface area contributed by atoms with E-state index in [9.17, 15) is 18.4 Å². The monoisotopic (exact) mass is 361 g/mol. The highest BCUT2D eigenvalue weighted by atomic mass is 19.1. The Morgan fingerprint density at radius 2 is 1.88 bits per heavy atom. The fraction of sp³-hybridized carbons (Fsp3) is 0.263. The van der Waals surface area contributed by atoms with Crippen molar-refractivity contribution in [2.45, 2.75) is 13.0 Å². The number of carboxylic acids is 1. The fourth-order valence-corrected chi connectivity index (χ4v) is 2.96. The topological polar surface area (TPSA) is 66.8 Å². The minimum absolute atomic E-state index is 0.0887. The van der Waals surface area contributed by atoms with Crippen molar-refractivity contribution in [2.24, 2.45) is 0 Å². The van der Waals surface area contributed by atoms with Crippen molar-refractivity contribution < 1.29 is 28.2 Å². The maximum Gasteiger partial charge on any atom is 0.334 e. The summed E-state index contributed by atoms with van der Waals surface area (Å²) in [6.07, 6.45) is -1.08. The third-order valence-electron chi connectivity index (χ3n) is 4.32. The molecule has 1 aliphatic rings. The van der Waals surface area contributed by atoms with Crippen LogP contribution in [0.4, 0.5) is 8.78 Å². The molecule has 0 aliphatic carbocycles. The average molecular weight is 361 g/mol. The summed E-state index contributed by atoms with van der Waals surface area (Å²) in [6.45, 7) is 1.94. The minimum atomic E-state index is -1.14. The van der Waals surface area contributed by atoms with Crippen LogP contribution >= 0.6 is 0 Å². The second-order valence-electron chi connectivity index (χ2n) is 6.10. The van der Waals surface area contributed by atoms with Gasteiger partial charge in [0.25, 0.3) is 5.91 Å². The van der Waals surface area contributed by atoms with Crippen LogP contribution in [0.5, 0.6) is 0 Å². The smallest absolute Gasteiger partial charge is 0.334 e. The molecule has 136 valence electrons. The molecule has 1 saturated heterocycles. The van der Waals surface area contributed by atoms with Crippen molar-refractivity contribution in [2.75, 3.05) is 19.7 Å². The van der Waals surface area contributed by atoms with Crippen LogP contribution in [-0.4, -0.2) is 47.7 Å². The molecule has 26 heavy (non-hydrogen) atoms. The number of carboxylic acid groups (broad SMARTS) is 1. The van der Waals surface area contributed by atoms with Crippen LogP contribution in [-0.2, 0) is 9.53 Å². The number of hydrogen-bond acceptors (Lipinski definition) is 3. The molecule has 0 spiro atoms. The molecular formula is C19H17F2NO4. The van der Waals surface area contributed by atoms with E-state index in [0.29, 0.717) is 11.1 Å². The highest BCUT2D eigenvalue weighted by molar-refractivity contribution is 5.95. The zero-order valence-corrected chi connectivity index (χ0v) is 14.0. The van der Waals surface area contributed by atoms with Crippen molar-refractivity contribution in [3.63, 3.8) is 0 Å². The van der Waals surface area contributed by atoms with Crippen molar-refractivity contribution >= 4 is 11.9 Å². The first-order chi connectivity index (χ1) is 12.4. The van der Waals surface area contributed by atoms with Gasteiger partial charge >= 0.3 is 5.97 Å². The van der Waals surface area contributed by atoms with Crippen LogP contribution in [0.1, 0.15) is 15.9 Å². The molecule has 2 aromatic carbocycles. The van der Waals surface area contributed by atoms with Crippen LogP contribution < -0.4 is 0 Å². The molecule has 3 rings (SSSR count). The summed E-state index contributed by atoms with van der Waals surface area (Å²) in [7, 11) is 0. The van der Waals surface area contributed by atoms with Crippen LogP contribution in [0.3, 0.4) is 0 Å². The number of carbonyl (C=O) groups excluding carboxylic acids is 1. The van der Waals surface area contributed by atoms with Gasteiger partial charge in [-0.25, -0.2) is 13.6 Å². The minimum Gasteiger partial charge on any atom is -0.479 e. The Balaban J connectivity index is 1.85. The molecule has 5 nitrogen and oxygen atoms in total. The summed E-state index contributed by atoms with van der Waals surface area (Å²) in [6, 6.07) is 8.12. The second-order valence-corrected chi connectivity index (χ2v) is 6.10. The van der Waals surface area contributed by atoms with Gasteiger partial charge in [0.1, 0.15) is 11.6 Å². The standard InChI is InChI=1S/C19H17F2NO4/c1-11-8-13(20)3-5-14(11)15-4-2-12(9-16(15)21)18(23)22-6-7-26-17(10-22)19(24)25/h2-5,8-9,17H,6-7,10H2,1H3,(H,24,25)/t17-/m0/s1. The average Bonchev–Trinajstić information content (AvgIpc) is 2.62. The molecule has 1 N–H and O–H groups in total. The number of carbonyl (C=O) groups is 2. The Morgan fingerprint density at radius 1 is 1.15 bits per heavy atom. The van der Waals surface area contributed by atoms with E-state index < -0.39 is 29.6 Å². The summed E-state index contributed by atoms with van der Waals surface area (Å²) in [5.41, 5.74) is 1.52. The van der Waals surface area contributed by atoms with Crippen molar-refractivity contribution in [1.29, 1.82) is 0 Å². The molecule has 7 heteroatoms. The van der Waals surface area contributed by atoms with Crippen molar-refractivity contribution in [1.82, 2.24) is 4.90 Å². The molecule has 0 aromatic heterocycles. The molecule has 0 saturated carbocycles. The van der Waals surface area contributed by atoms with E-state index in [4.69, 9.17) is 9.84 Å². The van der Waals surface area contributed by atoms with Gasteiger partial charge in [-0.2, -0.15) is 0 Å².